The summed E-state index contributed by atoms with van der Waals surface area (Å²) in [6.07, 6.45) is 3.24. The number of hydrogen-bond acceptors (Lipinski definition) is 4. The maximum atomic E-state index is 11.6. The predicted octanol–water partition coefficient (Wildman–Crippen LogP) is 1.28. The smallest absolute Gasteiger partial charge is 0.268 e. The Hall–Kier alpha value is -2.60. The summed E-state index contributed by atoms with van der Waals surface area (Å²) in [7, 11) is 0. The van der Waals surface area contributed by atoms with Crippen molar-refractivity contribution in [1.82, 2.24) is 15.2 Å². The van der Waals surface area contributed by atoms with Gasteiger partial charge in [-0.15, -0.1) is 0 Å². The van der Waals surface area contributed by atoms with E-state index in [1.54, 1.807) is 16.9 Å². The Kier molecular flexibility index (Phi) is 2.77. The van der Waals surface area contributed by atoms with E-state index in [9.17, 15) is 4.79 Å². The molecule has 0 aliphatic carbocycles. The van der Waals surface area contributed by atoms with Crippen molar-refractivity contribution in [3.63, 3.8) is 0 Å². The molecule has 3 aromatic rings. The molecule has 19 heavy (non-hydrogen) atoms. The Labute approximate surface area is 108 Å². The molecule has 1 aromatic carbocycles. The number of aromatic nitrogens is 2. The molecule has 1 amide bonds. The fourth-order valence-corrected chi connectivity index (χ4v) is 2.03. The van der Waals surface area contributed by atoms with Crippen LogP contribution < -0.4 is 11.3 Å². The van der Waals surface area contributed by atoms with Gasteiger partial charge in [0.05, 0.1) is 23.5 Å². The van der Waals surface area contributed by atoms with E-state index in [1.807, 2.05) is 24.3 Å². The zero-order valence-electron chi connectivity index (χ0n) is 10.0. The number of carbonyl (C=O) groups excluding carboxylic acids is 1. The van der Waals surface area contributed by atoms with Crippen molar-refractivity contribution >= 4 is 16.8 Å². The van der Waals surface area contributed by atoms with E-state index in [1.165, 1.54) is 6.26 Å². The van der Waals surface area contributed by atoms with E-state index in [0.717, 1.165) is 10.9 Å². The molecule has 0 saturated heterocycles. The van der Waals surface area contributed by atoms with E-state index in [-0.39, 0.29) is 5.91 Å². The van der Waals surface area contributed by atoms with Crippen LogP contribution in [0.3, 0.4) is 0 Å². The molecule has 0 spiro atoms. The van der Waals surface area contributed by atoms with Crippen molar-refractivity contribution in [3.8, 4) is 0 Å². The number of fused-ring (bicyclic) bond motifs is 1. The second-order valence-corrected chi connectivity index (χ2v) is 4.09. The van der Waals surface area contributed by atoms with Crippen molar-refractivity contribution < 1.29 is 9.21 Å². The lowest BCUT2D eigenvalue weighted by Gasteiger charge is -2.03. The second-order valence-electron chi connectivity index (χ2n) is 4.09. The van der Waals surface area contributed by atoms with Gasteiger partial charge in [0.15, 0.2) is 0 Å². The molecular formula is C13H12N4O2. The van der Waals surface area contributed by atoms with Crippen LogP contribution in [0.25, 0.3) is 10.9 Å². The van der Waals surface area contributed by atoms with Gasteiger partial charge in [0.25, 0.3) is 5.91 Å². The van der Waals surface area contributed by atoms with Gasteiger partial charge < -0.3 is 4.42 Å². The first-order chi connectivity index (χ1) is 9.29. The summed E-state index contributed by atoms with van der Waals surface area (Å²) in [6, 6.07) is 9.43. The van der Waals surface area contributed by atoms with Crippen molar-refractivity contribution in [2.45, 2.75) is 6.54 Å². The number of furan rings is 1. The number of nitrogens with zero attached hydrogens (tertiary/aromatic N) is 2. The van der Waals surface area contributed by atoms with Crippen LogP contribution in [-0.4, -0.2) is 15.7 Å². The topological polar surface area (TPSA) is 86.1 Å². The van der Waals surface area contributed by atoms with Crippen LogP contribution in [0.2, 0.25) is 0 Å². The number of para-hydroxylation sites is 1. The molecule has 6 nitrogen and oxygen atoms in total. The Morgan fingerprint density at radius 1 is 1.37 bits per heavy atom. The third kappa shape index (κ3) is 1.98. The normalized spacial score (nSPS) is 10.8. The average Bonchev–Trinajstić information content (AvgIpc) is 3.06. The van der Waals surface area contributed by atoms with E-state index in [2.05, 4.69) is 10.5 Å². The average molecular weight is 256 g/mol. The molecule has 96 valence electrons. The van der Waals surface area contributed by atoms with Crippen molar-refractivity contribution in [2.75, 3.05) is 0 Å². The SMILES string of the molecule is NNC(=O)c1ccoc1Cn1ncc2ccccc21. The molecule has 0 bridgehead atoms. The minimum atomic E-state index is -0.375. The quantitative estimate of drug-likeness (QED) is 0.420. The summed E-state index contributed by atoms with van der Waals surface area (Å²) in [6.45, 7) is 0.378. The molecule has 0 radical (unpaired) electrons. The molecule has 0 unspecified atom stereocenters. The molecule has 3 rings (SSSR count). The van der Waals surface area contributed by atoms with Crippen LogP contribution in [-0.2, 0) is 6.54 Å². The van der Waals surface area contributed by atoms with E-state index >= 15 is 0 Å². The summed E-state index contributed by atoms with van der Waals surface area (Å²) in [5, 5.41) is 5.33. The van der Waals surface area contributed by atoms with E-state index in [0.29, 0.717) is 17.9 Å². The van der Waals surface area contributed by atoms with Crippen LogP contribution in [0.15, 0.2) is 47.2 Å². The molecule has 2 aromatic heterocycles. The largest absolute Gasteiger partial charge is 0.467 e. The van der Waals surface area contributed by atoms with E-state index in [4.69, 9.17) is 10.3 Å². The Morgan fingerprint density at radius 3 is 3.05 bits per heavy atom. The maximum Gasteiger partial charge on any atom is 0.268 e. The number of rotatable bonds is 3. The first kappa shape index (κ1) is 11.5. The fraction of sp³-hybridized carbons (Fsp3) is 0.0769. The number of nitrogen functional groups attached to an aromatic ring is 1. The van der Waals surface area contributed by atoms with Gasteiger partial charge in [-0.3, -0.25) is 14.9 Å². The first-order valence-electron chi connectivity index (χ1n) is 5.77. The van der Waals surface area contributed by atoms with Gasteiger partial charge in [0, 0.05) is 5.39 Å². The van der Waals surface area contributed by atoms with Gasteiger partial charge in [-0.1, -0.05) is 18.2 Å². The van der Waals surface area contributed by atoms with Crippen LogP contribution >= 0.6 is 0 Å². The summed E-state index contributed by atoms with van der Waals surface area (Å²) >= 11 is 0. The highest BCUT2D eigenvalue weighted by atomic mass is 16.3. The van der Waals surface area contributed by atoms with Crippen LogP contribution in [0.5, 0.6) is 0 Å². The molecule has 0 aliphatic heterocycles. The van der Waals surface area contributed by atoms with Gasteiger partial charge in [0.2, 0.25) is 0 Å². The molecule has 0 atom stereocenters. The second kappa shape index (κ2) is 4.58. The van der Waals surface area contributed by atoms with Gasteiger partial charge in [-0.2, -0.15) is 5.10 Å². The molecule has 0 aliphatic rings. The standard InChI is InChI=1S/C13H12N4O2/c14-16-13(18)10-5-6-19-12(10)8-17-11-4-2-1-3-9(11)7-15-17/h1-7H,8,14H2,(H,16,18). The molecular weight excluding hydrogens is 244 g/mol. The minimum Gasteiger partial charge on any atom is -0.467 e. The first-order valence-corrected chi connectivity index (χ1v) is 5.77. The Morgan fingerprint density at radius 2 is 2.21 bits per heavy atom. The molecule has 6 heteroatoms. The zero-order chi connectivity index (χ0) is 13.2. The number of hydrogen-bond donors (Lipinski definition) is 2. The fourth-order valence-electron chi connectivity index (χ4n) is 2.03. The highest BCUT2D eigenvalue weighted by Gasteiger charge is 2.15. The lowest BCUT2D eigenvalue weighted by molar-refractivity contribution is 0.0951. The number of carbonyl (C=O) groups is 1. The third-order valence-corrected chi connectivity index (χ3v) is 2.97. The summed E-state index contributed by atoms with van der Waals surface area (Å²) in [5.41, 5.74) is 3.50. The molecule has 0 fully saturated rings. The Balaban J connectivity index is 1.98. The van der Waals surface area contributed by atoms with Crippen LogP contribution in [0.4, 0.5) is 0 Å². The van der Waals surface area contributed by atoms with Gasteiger partial charge in [0.1, 0.15) is 12.3 Å². The van der Waals surface area contributed by atoms with E-state index < -0.39 is 0 Å². The molecule has 2 heterocycles. The third-order valence-electron chi connectivity index (χ3n) is 2.97. The molecule has 0 saturated carbocycles. The summed E-state index contributed by atoms with van der Waals surface area (Å²) in [4.78, 5) is 11.6. The van der Waals surface area contributed by atoms with Crippen LogP contribution in [0, 0.1) is 0 Å². The highest BCUT2D eigenvalue weighted by molar-refractivity contribution is 5.94. The number of amides is 1. The minimum absolute atomic E-state index is 0.375. The van der Waals surface area contributed by atoms with Crippen molar-refractivity contribution in [3.05, 3.63) is 54.1 Å². The number of benzene rings is 1. The molecule has 3 N–H and O–H groups in total. The monoisotopic (exact) mass is 256 g/mol. The lowest BCUT2D eigenvalue weighted by Crippen LogP contribution is -2.30. The van der Waals surface area contributed by atoms with Crippen LogP contribution in [0.1, 0.15) is 16.1 Å². The van der Waals surface area contributed by atoms with Crippen molar-refractivity contribution in [1.29, 1.82) is 0 Å². The summed E-state index contributed by atoms with van der Waals surface area (Å²) in [5.74, 6) is 5.28. The maximum absolute atomic E-state index is 11.6. The Bertz CT molecular complexity index is 729. The summed E-state index contributed by atoms with van der Waals surface area (Å²) < 4.78 is 7.11. The highest BCUT2D eigenvalue weighted by Crippen LogP contribution is 2.17. The van der Waals surface area contributed by atoms with Gasteiger partial charge >= 0.3 is 0 Å². The number of nitrogens with two attached hydrogens (primary N) is 1. The zero-order valence-corrected chi connectivity index (χ0v) is 10.0. The predicted molar refractivity (Wildman–Crippen MR) is 69.2 cm³/mol. The number of nitrogens with one attached hydrogen (secondary N) is 1. The lowest BCUT2D eigenvalue weighted by atomic mass is 10.2. The van der Waals surface area contributed by atoms with Crippen molar-refractivity contribution in [2.24, 2.45) is 5.84 Å². The number of hydrazine groups is 1. The van der Waals surface area contributed by atoms with Gasteiger partial charge in [-0.25, -0.2) is 5.84 Å². The van der Waals surface area contributed by atoms with Gasteiger partial charge in [-0.05, 0) is 12.1 Å².